The monoisotopic (exact) mass is 561 g/mol. The topological polar surface area (TPSA) is 95.5 Å². The molecule has 1 saturated carbocycles. The average Bonchev–Trinajstić information content (AvgIpc) is 2.99. The van der Waals surface area contributed by atoms with E-state index in [4.69, 9.17) is 15.2 Å². The minimum absolute atomic E-state index is 0.128. The van der Waals surface area contributed by atoms with E-state index in [1.807, 2.05) is 42.0 Å². The Morgan fingerprint density at radius 3 is 2.80 bits per heavy atom. The van der Waals surface area contributed by atoms with E-state index in [1.165, 1.54) is 0 Å². The lowest BCUT2D eigenvalue weighted by molar-refractivity contribution is 0.130. The highest BCUT2D eigenvalue weighted by atomic mass is 19.2. The lowest BCUT2D eigenvalue weighted by Gasteiger charge is -2.38. The highest BCUT2D eigenvalue weighted by Crippen LogP contribution is 2.38. The zero-order valence-corrected chi connectivity index (χ0v) is 23.1. The number of ether oxygens (including phenoxy) is 2. The van der Waals surface area contributed by atoms with Crippen LogP contribution in [0.15, 0.2) is 53.7 Å². The summed E-state index contributed by atoms with van der Waals surface area (Å²) in [6.07, 6.45) is 9.30. The Balaban J connectivity index is 1.39. The van der Waals surface area contributed by atoms with Crippen LogP contribution in [-0.4, -0.2) is 39.2 Å². The Hall–Kier alpha value is -4.05. The van der Waals surface area contributed by atoms with E-state index in [2.05, 4.69) is 14.9 Å². The smallest absolute Gasteiger partial charge is 0.213 e. The van der Waals surface area contributed by atoms with Gasteiger partial charge in [0.25, 0.3) is 0 Å². The second kappa shape index (κ2) is 11.1. The lowest BCUT2D eigenvalue weighted by Crippen LogP contribution is -2.39. The first-order chi connectivity index (χ1) is 19.8. The first-order valence-corrected chi connectivity index (χ1v) is 13.9. The van der Waals surface area contributed by atoms with Gasteiger partial charge < -0.3 is 19.8 Å². The van der Waals surface area contributed by atoms with Crippen molar-refractivity contribution in [2.24, 2.45) is 0 Å². The third kappa shape index (κ3) is 5.24. The molecule has 2 aliphatic rings. The second-order valence-electron chi connectivity index (χ2n) is 11.1. The van der Waals surface area contributed by atoms with Crippen LogP contribution in [-0.2, 0) is 13.1 Å². The number of rotatable bonds is 7. The molecule has 2 N–H and O–H groups in total. The SMILES string of the molecule is COc1cc(CN(Cc2cn3c4c(c(F)c(F)cc4c2=O)OCC3C)[C@H]2CCCC(c3ccc(N)nc3)C2)ccn1. The number of methoxy groups -OCH3 is 1. The predicted molar refractivity (Wildman–Crippen MR) is 152 cm³/mol. The van der Waals surface area contributed by atoms with Crippen molar-refractivity contribution >= 4 is 16.7 Å². The minimum atomic E-state index is -1.09. The van der Waals surface area contributed by atoms with Crippen molar-refractivity contribution in [3.05, 3.63) is 87.5 Å². The molecule has 0 saturated heterocycles. The molecular weight excluding hydrogens is 528 g/mol. The standard InChI is InChI=1S/C31H33F2N5O3/c1-18-17-41-31-28(33)25(32)12-24-29(31)38(18)16-22(30(24)39)15-37(14-19-8-9-35-27(10-19)40-2)23-5-3-4-20(11-23)21-6-7-26(34)36-13-21/h6-10,12-13,16,18,20,23H,3-5,11,14-15,17H2,1-2H3,(H2,34,36)/t18?,20?,23-/m0/s1. The molecule has 0 bridgehead atoms. The van der Waals surface area contributed by atoms with Crippen LogP contribution in [0.5, 0.6) is 11.6 Å². The molecule has 6 rings (SSSR count). The number of nitrogens with zero attached hydrogens (tertiary/aromatic N) is 4. The maximum absolute atomic E-state index is 14.6. The van der Waals surface area contributed by atoms with Crippen LogP contribution < -0.4 is 20.6 Å². The molecule has 0 amide bonds. The number of hydrogen-bond donors (Lipinski definition) is 1. The molecule has 3 atom stereocenters. The van der Waals surface area contributed by atoms with Crippen molar-refractivity contribution in [1.29, 1.82) is 0 Å². The molecule has 4 heterocycles. The van der Waals surface area contributed by atoms with Gasteiger partial charge >= 0.3 is 0 Å². The van der Waals surface area contributed by atoms with E-state index >= 15 is 0 Å². The van der Waals surface area contributed by atoms with Gasteiger partial charge in [-0.15, -0.1) is 0 Å². The molecule has 1 aliphatic heterocycles. The number of anilines is 1. The number of halogens is 2. The third-order valence-electron chi connectivity index (χ3n) is 8.39. The van der Waals surface area contributed by atoms with Crippen molar-refractivity contribution in [2.75, 3.05) is 19.5 Å². The van der Waals surface area contributed by atoms with E-state index < -0.39 is 11.6 Å². The Morgan fingerprint density at radius 1 is 1.17 bits per heavy atom. The first kappa shape index (κ1) is 27.1. The number of benzene rings is 1. The van der Waals surface area contributed by atoms with Crippen LogP contribution in [0.1, 0.15) is 61.3 Å². The zero-order chi connectivity index (χ0) is 28.7. The van der Waals surface area contributed by atoms with Gasteiger partial charge in [-0.05, 0) is 61.4 Å². The summed E-state index contributed by atoms with van der Waals surface area (Å²) in [5.41, 5.74) is 8.50. The number of pyridine rings is 3. The molecule has 2 unspecified atom stereocenters. The Bertz CT molecular complexity index is 1640. The van der Waals surface area contributed by atoms with Gasteiger partial charge in [-0.3, -0.25) is 9.69 Å². The van der Waals surface area contributed by atoms with Gasteiger partial charge in [0.2, 0.25) is 11.7 Å². The summed E-state index contributed by atoms with van der Waals surface area (Å²) in [5.74, 6) is -1.03. The molecule has 0 radical (unpaired) electrons. The van der Waals surface area contributed by atoms with Crippen LogP contribution in [0.3, 0.4) is 0 Å². The van der Waals surface area contributed by atoms with Gasteiger partial charge in [0.15, 0.2) is 17.0 Å². The van der Waals surface area contributed by atoms with Gasteiger partial charge in [0.05, 0.1) is 24.1 Å². The van der Waals surface area contributed by atoms with Crippen molar-refractivity contribution in [3.63, 3.8) is 0 Å². The molecule has 1 aromatic carbocycles. The van der Waals surface area contributed by atoms with Crippen LogP contribution >= 0.6 is 0 Å². The number of nitrogen functional groups attached to an aromatic ring is 1. The third-order valence-corrected chi connectivity index (χ3v) is 8.39. The van der Waals surface area contributed by atoms with Crippen molar-refractivity contribution in [3.8, 4) is 11.6 Å². The van der Waals surface area contributed by atoms with Gasteiger partial charge in [-0.1, -0.05) is 12.5 Å². The number of aromatic nitrogens is 3. The number of nitrogens with two attached hydrogens (primary N) is 1. The largest absolute Gasteiger partial charge is 0.486 e. The maximum atomic E-state index is 14.6. The molecule has 8 nitrogen and oxygen atoms in total. The molecule has 214 valence electrons. The average molecular weight is 562 g/mol. The quantitative estimate of drug-likeness (QED) is 0.325. The van der Waals surface area contributed by atoms with Crippen LogP contribution in [0.4, 0.5) is 14.6 Å². The van der Waals surface area contributed by atoms with Gasteiger partial charge in [0.1, 0.15) is 12.4 Å². The Morgan fingerprint density at radius 2 is 2.02 bits per heavy atom. The van der Waals surface area contributed by atoms with Crippen LogP contribution in [0.2, 0.25) is 0 Å². The molecular formula is C31H33F2N5O3. The minimum Gasteiger partial charge on any atom is -0.486 e. The van der Waals surface area contributed by atoms with E-state index in [0.29, 0.717) is 41.8 Å². The van der Waals surface area contributed by atoms with Gasteiger partial charge in [0, 0.05) is 49.4 Å². The lowest BCUT2D eigenvalue weighted by atomic mass is 9.81. The van der Waals surface area contributed by atoms with E-state index in [1.54, 1.807) is 19.5 Å². The highest BCUT2D eigenvalue weighted by molar-refractivity contribution is 5.86. The zero-order valence-electron chi connectivity index (χ0n) is 23.1. The maximum Gasteiger partial charge on any atom is 0.213 e. The molecule has 1 aliphatic carbocycles. The summed E-state index contributed by atoms with van der Waals surface area (Å²) in [5, 5.41) is 0.128. The fourth-order valence-corrected chi connectivity index (χ4v) is 6.25. The van der Waals surface area contributed by atoms with Gasteiger partial charge in [-0.2, -0.15) is 4.39 Å². The predicted octanol–water partition coefficient (Wildman–Crippen LogP) is 5.34. The van der Waals surface area contributed by atoms with E-state index in [-0.39, 0.29) is 35.3 Å². The van der Waals surface area contributed by atoms with Crippen molar-refractivity contribution < 1.29 is 18.3 Å². The molecule has 41 heavy (non-hydrogen) atoms. The van der Waals surface area contributed by atoms with Crippen LogP contribution in [0, 0.1) is 11.6 Å². The summed E-state index contributed by atoms with van der Waals surface area (Å²) in [6, 6.07) is 8.75. The Labute approximate surface area is 236 Å². The molecule has 1 fully saturated rings. The Kier molecular flexibility index (Phi) is 7.33. The second-order valence-corrected chi connectivity index (χ2v) is 11.1. The molecule has 4 aromatic rings. The summed E-state index contributed by atoms with van der Waals surface area (Å²) in [4.78, 5) is 24.7. The summed E-state index contributed by atoms with van der Waals surface area (Å²) < 4.78 is 41.9. The summed E-state index contributed by atoms with van der Waals surface area (Å²) >= 11 is 0. The first-order valence-electron chi connectivity index (χ1n) is 13.9. The molecule has 3 aromatic heterocycles. The fourth-order valence-electron chi connectivity index (χ4n) is 6.25. The normalized spacial score (nSPS) is 20.3. The highest BCUT2D eigenvalue weighted by Gasteiger charge is 2.31. The van der Waals surface area contributed by atoms with Crippen LogP contribution in [0.25, 0.3) is 10.9 Å². The summed E-state index contributed by atoms with van der Waals surface area (Å²) in [6.45, 7) is 3.03. The van der Waals surface area contributed by atoms with Crippen molar-refractivity contribution in [1.82, 2.24) is 19.4 Å². The van der Waals surface area contributed by atoms with E-state index in [9.17, 15) is 13.6 Å². The van der Waals surface area contributed by atoms with Gasteiger partial charge in [-0.25, -0.2) is 14.4 Å². The molecule has 0 spiro atoms. The molecule has 10 heteroatoms. The van der Waals surface area contributed by atoms with E-state index in [0.717, 1.165) is 42.9 Å². The summed E-state index contributed by atoms with van der Waals surface area (Å²) in [7, 11) is 1.58. The van der Waals surface area contributed by atoms with Crippen molar-refractivity contribution in [2.45, 2.75) is 63.7 Å². The fraction of sp³-hybridized carbons (Fsp3) is 0.387. The number of hydrogen-bond acceptors (Lipinski definition) is 7.